The van der Waals surface area contributed by atoms with Gasteiger partial charge in [0, 0.05) is 11.5 Å². The molecule has 1 aromatic carbocycles. The number of ether oxygens (including phenoxy) is 1. The molecule has 21 heavy (non-hydrogen) atoms. The largest absolute Gasteiger partial charge is 0.492 e. The van der Waals surface area contributed by atoms with Gasteiger partial charge in [0.15, 0.2) is 0 Å². The predicted molar refractivity (Wildman–Crippen MR) is 80.0 cm³/mol. The van der Waals surface area contributed by atoms with Crippen molar-refractivity contribution in [3.63, 3.8) is 0 Å². The van der Waals surface area contributed by atoms with Crippen LogP contribution in [0.2, 0.25) is 0 Å². The van der Waals surface area contributed by atoms with Gasteiger partial charge in [-0.05, 0) is 65.6 Å². The first-order valence-electron chi connectivity index (χ1n) is 7.38. The Kier molecular flexibility index (Phi) is 4.20. The first-order valence-corrected chi connectivity index (χ1v) is 8.17. The smallest absolute Gasteiger partial charge is 0.303 e. The SMILES string of the molecule is O=C(O)CC(c1cc(F)cc(Br)c1OCC1CC1)C1CC1. The lowest BCUT2D eigenvalue weighted by Gasteiger charge is -2.20. The van der Waals surface area contributed by atoms with Crippen LogP contribution in [-0.4, -0.2) is 17.7 Å². The summed E-state index contributed by atoms with van der Waals surface area (Å²) in [7, 11) is 0. The standard InChI is InChI=1S/C16H18BrFO3/c17-14-6-11(18)5-13(16(14)21-8-9-1-2-9)12(7-15(19)20)10-3-4-10/h5-6,9-10,12H,1-4,7-8H2,(H,19,20). The van der Waals surface area contributed by atoms with Gasteiger partial charge in [0.1, 0.15) is 11.6 Å². The second kappa shape index (κ2) is 5.95. The third-order valence-corrected chi connectivity index (χ3v) is 4.77. The van der Waals surface area contributed by atoms with Crippen LogP contribution in [0.5, 0.6) is 5.75 Å². The van der Waals surface area contributed by atoms with Crippen molar-refractivity contribution >= 4 is 21.9 Å². The first-order chi connectivity index (χ1) is 10.0. The summed E-state index contributed by atoms with van der Waals surface area (Å²) in [5, 5.41) is 9.13. The van der Waals surface area contributed by atoms with Gasteiger partial charge in [0.05, 0.1) is 17.5 Å². The zero-order valence-electron chi connectivity index (χ0n) is 11.6. The normalized spacial score (nSPS) is 19.3. The molecule has 2 aliphatic carbocycles. The fourth-order valence-electron chi connectivity index (χ4n) is 2.71. The van der Waals surface area contributed by atoms with E-state index >= 15 is 0 Å². The van der Waals surface area contributed by atoms with E-state index in [2.05, 4.69) is 15.9 Å². The van der Waals surface area contributed by atoms with Crippen LogP contribution in [0.25, 0.3) is 0 Å². The Balaban J connectivity index is 1.90. The van der Waals surface area contributed by atoms with Crippen LogP contribution in [0.1, 0.15) is 43.6 Å². The number of hydrogen-bond acceptors (Lipinski definition) is 2. The zero-order chi connectivity index (χ0) is 15.0. The molecule has 0 aromatic heterocycles. The summed E-state index contributed by atoms with van der Waals surface area (Å²) in [4.78, 5) is 11.1. The van der Waals surface area contributed by atoms with Gasteiger partial charge in [-0.2, -0.15) is 0 Å². The monoisotopic (exact) mass is 356 g/mol. The van der Waals surface area contributed by atoms with Gasteiger partial charge in [-0.3, -0.25) is 4.79 Å². The highest BCUT2D eigenvalue weighted by Gasteiger charge is 2.36. The molecule has 1 unspecified atom stereocenters. The lowest BCUT2D eigenvalue weighted by Crippen LogP contribution is -2.12. The minimum atomic E-state index is -0.847. The summed E-state index contributed by atoms with van der Waals surface area (Å²) in [6.45, 7) is 0.627. The van der Waals surface area contributed by atoms with Crippen LogP contribution < -0.4 is 4.74 Å². The van der Waals surface area contributed by atoms with Gasteiger partial charge in [-0.15, -0.1) is 0 Å². The molecule has 1 N–H and O–H groups in total. The fourth-order valence-corrected chi connectivity index (χ4v) is 3.27. The van der Waals surface area contributed by atoms with Crippen molar-refractivity contribution in [3.8, 4) is 5.75 Å². The maximum Gasteiger partial charge on any atom is 0.303 e. The van der Waals surface area contributed by atoms with Crippen molar-refractivity contribution in [1.82, 2.24) is 0 Å². The minimum absolute atomic E-state index is 0.0281. The van der Waals surface area contributed by atoms with Gasteiger partial charge >= 0.3 is 5.97 Å². The maximum absolute atomic E-state index is 13.8. The molecule has 0 amide bonds. The summed E-state index contributed by atoms with van der Waals surface area (Å²) in [6, 6.07) is 2.83. The number of hydrogen-bond donors (Lipinski definition) is 1. The molecule has 2 aliphatic rings. The average molecular weight is 357 g/mol. The van der Waals surface area contributed by atoms with E-state index in [1.54, 1.807) is 0 Å². The van der Waals surface area contributed by atoms with Gasteiger partial charge in [-0.25, -0.2) is 4.39 Å². The number of halogens is 2. The second-order valence-corrected chi connectivity index (χ2v) is 6.96. The van der Waals surface area contributed by atoms with Crippen molar-refractivity contribution in [2.24, 2.45) is 11.8 Å². The number of carboxylic acid groups (broad SMARTS) is 1. The Morgan fingerprint density at radius 2 is 2.10 bits per heavy atom. The summed E-state index contributed by atoms with van der Waals surface area (Å²) in [5.41, 5.74) is 0.701. The van der Waals surface area contributed by atoms with Gasteiger partial charge in [-0.1, -0.05) is 0 Å². The third-order valence-electron chi connectivity index (χ3n) is 4.18. The van der Waals surface area contributed by atoms with Gasteiger partial charge in [0.2, 0.25) is 0 Å². The van der Waals surface area contributed by atoms with E-state index in [0.717, 1.165) is 12.8 Å². The van der Waals surface area contributed by atoms with Crippen molar-refractivity contribution in [2.45, 2.75) is 38.0 Å². The molecular formula is C16H18BrFO3. The molecule has 2 saturated carbocycles. The predicted octanol–water partition coefficient (Wildman–Crippen LogP) is 4.35. The Morgan fingerprint density at radius 3 is 2.67 bits per heavy atom. The number of benzene rings is 1. The van der Waals surface area contributed by atoms with E-state index in [1.807, 2.05) is 0 Å². The highest BCUT2D eigenvalue weighted by molar-refractivity contribution is 9.10. The summed E-state index contributed by atoms with van der Waals surface area (Å²) >= 11 is 3.36. The number of rotatable bonds is 7. The Hall–Kier alpha value is -1.10. The minimum Gasteiger partial charge on any atom is -0.492 e. The van der Waals surface area contributed by atoms with Crippen molar-refractivity contribution in [2.75, 3.05) is 6.61 Å². The molecule has 114 valence electrons. The molecular weight excluding hydrogens is 339 g/mol. The van der Waals surface area contributed by atoms with Crippen molar-refractivity contribution in [3.05, 3.63) is 28.0 Å². The molecule has 5 heteroatoms. The molecule has 1 atom stereocenters. The van der Waals surface area contributed by atoms with Crippen LogP contribution in [0.15, 0.2) is 16.6 Å². The van der Waals surface area contributed by atoms with Crippen LogP contribution in [0.4, 0.5) is 4.39 Å². The summed E-state index contributed by atoms with van der Waals surface area (Å²) in [6.07, 6.45) is 4.40. The molecule has 3 nitrogen and oxygen atoms in total. The maximum atomic E-state index is 13.8. The van der Waals surface area contributed by atoms with E-state index in [1.165, 1.54) is 25.0 Å². The molecule has 0 bridgehead atoms. The topological polar surface area (TPSA) is 46.5 Å². The first kappa shape index (κ1) is 14.8. The van der Waals surface area contributed by atoms with E-state index in [0.29, 0.717) is 34.2 Å². The highest BCUT2D eigenvalue weighted by Crippen LogP contribution is 2.49. The van der Waals surface area contributed by atoms with E-state index in [9.17, 15) is 9.18 Å². The summed E-state index contributed by atoms with van der Waals surface area (Å²) < 4.78 is 20.2. The van der Waals surface area contributed by atoms with Crippen LogP contribution in [-0.2, 0) is 4.79 Å². The number of aliphatic carboxylic acids is 1. The van der Waals surface area contributed by atoms with Crippen LogP contribution >= 0.6 is 15.9 Å². The average Bonchev–Trinajstić information content (AvgIpc) is 3.25. The van der Waals surface area contributed by atoms with Crippen molar-refractivity contribution in [1.29, 1.82) is 0 Å². The Labute approximate surface area is 131 Å². The Bertz CT molecular complexity index is 553. The van der Waals surface area contributed by atoms with Gasteiger partial charge in [0.25, 0.3) is 0 Å². The van der Waals surface area contributed by atoms with E-state index in [4.69, 9.17) is 9.84 Å². The fraction of sp³-hybridized carbons (Fsp3) is 0.562. The highest BCUT2D eigenvalue weighted by atomic mass is 79.9. The van der Waals surface area contributed by atoms with Gasteiger partial charge < -0.3 is 9.84 Å². The summed E-state index contributed by atoms with van der Waals surface area (Å²) in [5.74, 6) is 0.184. The third kappa shape index (κ3) is 3.76. The number of carboxylic acids is 1. The van der Waals surface area contributed by atoms with E-state index < -0.39 is 5.97 Å². The molecule has 2 fully saturated rings. The molecule has 3 rings (SSSR count). The molecule has 0 saturated heterocycles. The molecule has 0 heterocycles. The molecule has 0 radical (unpaired) electrons. The number of carbonyl (C=O) groups is 1. The quantitative estimate of drug-likeness (QED) is 0.789. The van der Waals surface area contributed by atoms with Crippen molar-refractivity contribution < 1.29 is 19.0 Å². The second-order valence-electron chi connectivity index (χ2n) is 6.10. The lowest BCUT2D eigenvalue weighted by atomic mass is 9.90. The molecule has 0 aliphatic heterocycles. The zero-order valence-corrected chi connectivity index (χ0v) is 13.2. The molecule has 1 aromatic rings. The lowest BCUT2D eigenvalue weighted by molar-refractivity contribution is -0.137. The van der Waals surface area contributed by atoms with Crippen LogP contribution in [0, 0.1) is 17.7 Å². The van der Waals surface area contributed by atoms with Crippen LogP contribution in [0.3, 0.4) is 0 Å². The van der Waals surface area contributed by atoms with E-state index in [-0.39, 0.29) is 18.2 Å². The Morgan fingerprint density at radius 1 is 1.38 bits per heavy atom. The molecule has 0 spiro atoms.